The zero-order valence-electron chi connectivity index (χ0n) is 13.7. The van der Waals surface area contributed by atoms with Gasteiger partial charge in [-0.05, 0) is 67.0 Å². The summed E-state index contributed by atoms with van der Waals surface area (Å²) in [5.41, 5.74) is 3.95. The smallest absolute Gasteiger partial charge is 0.243 e. The molecule has 0 radical (unpaired) electrons. The standard InChI is InChI=1S/C18H20BrN3OS/c1-3-13-4-7-15(8-5-13)21-18(24)20-11-17(23)22-16-9-6-14(19)10-12(16)2/h4-10H,3,11H2,1-2H3,(H,22,23)(H2,20,21,24). The Hall–Kier alpha value is -1.92. The molecule has 3 N–H and O–H groups in total. The van der Waals surface area contributed by atoms with Gasteiger partial charge >= 0.3 is 0 Å². The number of halogens is 1. The zero-order chi connectivity index (χ0) is 17.5. The monoisotopic (exact) mass is 405 g/mol. The molecule has 0 spiro atoms. The fraction of sp³-hybridized carbons (Fsp3) is 0.222. The number of aryl methyl sites for hydroxylation is 2. The fourth-order valence-corrected chi connectivity index (χ4v) is 2.79. The van der Waals surface area contributed by atoms with Crippen LogP contribution < -0.4 is 16.0 Å². The van der Waals surface area contributed by atoms with Gasteiger partial charge in [0.05, 0.1) is 6.54 Å². The normalized spacial score (nSPS) is 10.1. The van der Waals surface area contributed by atoms with Crippen LogP contribution in [0.1, 0.15) is 18.1 Å². The summed E-state index contributed by atoms with van der Waals surface area (Å²) in [6.07, 6.45) is 0.999. The molecule has 2 aromatic rings. The molecule has 24 heavy (non-hydrogen) atoms. The minimum absolute atomic E-state index is 0.106. The first-order valence-electron chi connectivity index (χ1n) is 7.67. The maximum Gasteiger partial charge on any atom is 0.243 e. The summed E-state index contributed by atoms with van der Waals surface area (Å²) in [5.74, 6) is -0.147. The summed E-state index contributed by atoms with van der Waals surface area (Å²) in [4.78, 5) is 12.0. The molecule has 0 saturated heterocycles. The lowest BCUT2D eigenvalue weighted by Crippen LogP contribution is -2.35. The van der Waals surface area contributed by atoms with E-state index in [4.69, 9.17) is 12.2 Å². The van der Waals surface area contributed by atoms with Crippen LogP contribution in [0.4, 0.5) is 11.4 Å². The molecule has 126 valence electrons. The molecule has 0 fully saturated rings. The number of nitrogens with one attached hydrogen (secondary N) is 3. The van der Waals surface area contributed by atoms with Crippen molar-refractivity contribution in [2.24, 2.45) is 0 Å². The highest BCUT2D eigenvalue weighted by molar-refractivity contribution is 9.10. The van der Waals surface area contributed by atoms with Crippen molar-refractivity contribution in [1.82, 2.24) is 5.32 Å². The lowest BCUT2D eigenvalue weighted by atomic mass is 10.1. The van der Waals surface area contributed by atoms with E-state index in [0.29, 0.717) is 5.11 Å². The van der Waals surface area contributed by atoms with Gasteiger partial charge in [-0.1, -0.05) is 35.0 Å². The lowest BCUT2D eigenvalue weighted by Gasteiger charge is -2.12. The molecule has 0 aliphatic carbocycles. The Bertz CT molecular complexity index is 732. The van der Waals surface area contributed by atoms with Crippen molar-refractivity contribution < 1.29 is 4.79 Å². The van der Waals surface area contributed by atoms with Gasteiger partial charge in [-0.3, -0.25) is 4.79 Å². The molecule has 6 heteroatoms. The van der Waals surface area contributed by atoms with E-state index < -0.39 is 0 Å². The van der Waals surface area contributed by atoms with E-state index in [1.165, 1.54) is 5.56 Å². The molecular formula is C18H20BrN3OS. The van der Waals surface area contributed by atoms with Crippen molar-refractivity contribution in [3.8, 4) is 0 Å². The Labute approximate surface area is 156 Å². The van der Waals surface area contributed by atoms with Gasteiger partial charge in [-0.25, -0.2) is 0 Å². The van der Waals surface area contributed by atoms with Gasteiger partial charge in [-0.15, -0.1) is 0 Å². The molecule has 0 aliphatic heterocycles. The van der Waals surface area contributed by atoms with Crippen molar-refractivity contribution in [2.45, 2.75) is 20.3 Å². The first kappa shape index (κ1) is 18.4. The van der Waals surface area contributed by atoms with Crippen LogP contribution >= 0.6 is 28.1 Å². The summed E-state index contributed by atoms with van der Waals surface area (Å²) in [6.45, 7) is 4.16. The second-order valence-electron chi connectivity index (χ2n) is 5.37. The number of thiocarbonyl (C=S) groups is 1. The zero-order valence-corrected chi connectivity index (χ0v) is 16.1. The van der Waals surface area contributed by atoms with Gasteiger partial charge in [0.15, 0.2) is 5.11 Å². The summed E-state index contributed by atoms with van der Waals surface area (Å²) < 4.78 is 0.982. The number of anilines is 2. The fourth-order valence-electron chi connectivity index (χ4n) is 2.12. The molecule has 0 bridgehead atoms. The molecule has 2 aromatic carbocycles. The summed E-state index contributed by atoms with van der Waals surface area (Å²) in [7, 11) is 0. The highest BCUT2D eigenvalue weighted by Gasteiger charge is 2.06. The van der Waals surface area contributed by atoms with Gasteiger partial charge in [0.2, 0.25) is 5.91 Å². The molecule has 0 heterocycles. The molecule has 4 nitrogen and oxygen atoms in total. The molecule has 0 aliphatic rings. The average Bonchev–Trinajstić information content (AvgIpc) is 2.56. The van der Waals surface area contributed by atoms with Gasteiger partial charge in [-0.2, -0.15) is 0 Å². The minimum Gasteiger partial charge on any atom is -0.353 e. The van der Waals surface area contributed by atoms with E-state index in [2.05, 4.69) is 38.8 Å². The van der Waals surface area contributed by atoms with E-state index in [1.807, 2.05) is 49.4 Å². The van der Waals surface area contributed by atoms with Crippen LogP contribution in [0, 0.1) is 6.92 Å². The van der Waals surface area contributed by atoms with Crippen LogP contribution in [-0.4, -0.2) is 17.6 Å². The van der Waals surface area contributed by atoms with Crippen LogP contribution in [0.5, 0.6) is 0 Å². The predicted molar refractivity (Wildman–Crippen MR) is 108 cm³/mol. The quantitative estimate of drug-likeness (QED) is 0.650. The lowest BCUT2D eigenvalue weighted by molar-refractivity contribution is -0.115. The number of carbonyl (C=O) groups is 1. The number of hydrogen-bond acceptors (Lipinski definition) is 2. The third kappa shape index (κ3) is 5.62. The Morgan fingerprint density at radius 1 is 1.12 bits per heavy atom. The van der Waals surface area contributed by atoms with Gasteiger partial charge in [0.25, 0.3) is 0 Å². The van der Waals surface area contributed by atoms with Gasteiger partial charge in [0, 0.05) is 15.8 Å². The number of hydrogen-bond donors (Lipinski definition) is 3. The van der Waals surface area contributed by atoms with Crippen LogP contribution in [-0.2, 0) is 11.2 Å². The topological polar surface area (TPSA) is 53.2 Å². The largest absolute Gasteiger partial charge is 0.353 e. The molecule has 1 amide bonds. The minimum atomic E-state index is -0.147. The van der Waals surface area contributed by atoms with E-state index in [0.717, 1.165) is 27.8 Å². The maximum absolute atomic E-state index is 12.0. The molecule has 0 atom stereocenters. The van der Waals surface area contributed by atoms with Crippen LogP contribution in [0.25, 0.3) is 0 Å². The second kappa shape index (κ2) is 8.80. The summed E-state index contributed by atoms with van der Waals surface area (Å²) in [6, 6.07) is 13.7. The highest BCUT2D eigenvalue weighted by Crippen LogP contribution is 2.19. The number of rotatable bonds is 5. The first-order chi connectivity index (χ1) is 11.5. The van der Waals surface area contributed by atoms with Crippen molar-refractivity contribution in [1.29, 1.82) is 0 Å². The van der Waals surface area contributed by atoms with Gasteiger partial charge < -0.3 is 16.0 Å². The van der Waals surface area contributed by atoms with Crippen LogP contribution in [0.3, 0.4) is 0 Å². The maximum atomic E-state index is 12.0. The highest BCUT2D eigenvalue weighted by atomic mass is 79.9. The number of amides is 1. The third-order valence-corrected chi connectivity index (χ3v) is 4.23. The van der Waals surface area contributed by atoms with Crippen molar-refractivity contribution >= 4 is 50.5 Å². The van der Waals surface area contributed by atoms with E-state index >= 15 is 0 Å². The first-order valence-corrected chi connectivity index (χ1v) is 8.88. The molecule has 0 saturated carbocycles. The molecule has 2 rings (SSSR count). The number of carbonyl (C=O) groups excluding carboxylic acids is 1. The van der Waals surface area contributed by atoms with Crippen LogP contribution in [0.2, 0.25) is 0 Å². The van der Waals surface area contributed by atoms with Gasteiger partial charge in [0.1, 0.15) is 0 Å². The predicted octanol–water partition coefficient (Wildman–Crippen LogP) is 4.25. The van der Waals surface area contributed by atoms with E-state index in [1.54, 1.807) is 0 Å². The summed E-state index contributed by atoms with van der Waals surface area (Å²) in [5, 5.41) is 9.26. The SMILES string of the molecule is CCc1ccc(NC(=S)NCC(=O)Nc2ccc(Br)cc2C)cc1. The van der Waals surface area contributed by atoms with Crippen molar-refractivity contribution in [3.05, 3.63) is 58.1 Å². The van der Waals surface area contributed by atoms with E-state index in [9.17, 15) is 4.79 Å². The van der Waals surface area contributed by atoms with Crippen molar-refractivity contribution in [3.63, 3.8) is 0 Å². The summed E-state index contributed by atoms with van der Waals surface area (Å²) >= 11 is 8.62. The third-order valence-electron chi connectivity index (χ3n) is 3.49. The number of benzene rings is 2. The Morgan fingerprint density at radius 3 is 2.46 bits per heavy atom. The second-order valence-corrected chi connectivity index (χ2v) is 6.69. The Morgan fingerprint density at radius 2 is 1.83 bits per heavy atom. The Balaban J connectivity index is 1.81. The molecular weight excluding hydrogens is 386 g/mol. The average molecular weight is 406 g/mol. The van der Waals surface area contributed by atoms with Crippen LogP contribution in [0.15, 0.2) is 46.9 Å². The van der Waals surface area contributed by atoms with E-state index in [-0.39, 0.29) is 12.5 Å². The molecule has 0 unspecified atom stereocenters. The molecule has 0 aromatic heterocycles. The Kier molecular flexibility index (Phi) is 6.75. The van der Waals surface area contributed by atoms with Crippen molar-refractivity contribution in [2.75, 3.05) is 17.2 Å².